The Balaban J connectivity index is 2.46. The summed E-state index contributed by atoms with van der Waals surface area (Å²) in [5.41, 5.74) is 10.5. The molecule has 3 nitrogen and oxygen atoms in total. The predicted molar refractivity (Wildman–Crippen MR) is 85.4 cm³/mol. The van der Waals surface area contributed by atoms with E-state index in [0.717, 1.165) is 22.4 Å². The van der Waals surface area contributed by atoms with Gasteiger partial charge in [0, 0.05) is 31.4 Å². The molecule has 0 aliphatic heterocycles. The van der Waals surface area contributed by atoms with E-state index in [1.165, 1.54) is 5.69 Å². The minimum atomic E-state index is 0.0145. The Morgan fingerprint density at radius 2 is 1.70 bits per heavy atom. The van der Waals surface area contributed by atoms with Crippen molar-refractivity contribution in [2.75, 3.05) is 26.1 Å². The zero-order chi connectivity index (χ0) is 14.7. The Bertz CT molecular complexity index is 574. The number of nitrogens with zero attached hydrogens (tertiary/aromatic N) is 1. The molecule has 0 saturated carbocycles. The molecule has 2 aromatic rings. The quantitative estimate of drug-likeness (QED) is 0.924. The van der Waals surface area contributed by atoms with Gasteiger partial charge in [-0.2, -0.15) is 0 Å². The summed E-state index contributed by atoms with van der Waals surface area (Å²) in [5.74, 6) is 0.868. The number of hydrogen-bond acceptors (Lipinski definition) is 3. The molecule has 0 aromatic heterocycles. The third kappa shape index (κ3) is 2.94. The molecule has 0 spiro atoms. The number of hydrogen-bond donors (Lipinski definition) is 1. The molecule has 0 saturated heterocycles. The Hall–Kier alpha value is -2.00. The Morgan fingerprint density at radius 3 is 2.20 bits per heavy atom. The topological polar surface area (TPSA) is 38.5 Å². The fourth-order valence-corrected chi connectivity index (χ4v) is 2.17. The summed E-state index contributed by atoms with van der Waals surface area (Å²) in [4.78, 5) is 2.08. The molecular formula is C17H22N2O. The van der Waals surface area contributed by atoms with Crippen LogP contribution in [-0.2, 0) is 0 Å². The minimum absolute atomic E-state index is 0.0145. The van der Waals surface area contributed by atoms with Crippen LogP contribution in [0.1, 0.15) is 18.5 Å². The lowest BCUT2D eigenvalue weighted by atomic mass is 9.99. The van der Waals surface area contributed by atoms with Crippen molar-refractivity contribution in [1.29, 1.82) is 0 Å². The van der Waals surface area contributed by atoms with Gasteiger partial charge in [0.1, 0.15) is 5.75 Å². The van der Waals surface area contributed by atoms with Crippen molar-refractivity contribution in [1.82, 2.24) is 0 Å². The molecule has 0 heterocycles. The van der Waals surface area contributed by atoms with Crippen LogP contribution in [0.4, 0.5) is 5.69 Å². The summed E-state index contributed by atoms with van der Waals surface area (Å²) >= 11 is 0. The van der Waals surface area contributed by atoms with Crippen molar-refractivity contribution in [3.8, 4) is 16.9 Å². The summed E-state index contributed by atoms with van der Waals surface area (Å²) in [6.45, 7) is 1.99. The Morgan fingerprint density at radius 1 is 1.05 bits per heavy atom. The van der Waals surface area contributed by atoms with Gasteiger partial charge in [0.15, 0.2) is 0 Å². The largest absolute Gasteiger partial charge is 0.496 e. The normalized spacial score (nSPS) is 12.1. The zero-order valence-electron chi connectivity index (χ0n) is 12.6. The maximum absolute atomic E-state index is 5.97. The van der Waals surface area contributed by atoms with E-state index in [1.807, 2.05) is 33.2 Å². The summed E-state index contributed by atoms with van der Waals surface area (Å²) in [6, 6.07) is 14.5. The number of nitrogens with two attached hydrogens (primary N) is 1. The third-order valence-corrected chi connectivity index (χ3v) is 3.44. The molecule has 0 radical (unpaired) electrons. The van der Waals surface area contributed by atoms with E-state index in [0.29, 0.717) is 0 Å². The van der Waals surface area contributed by atoms with Crippen molar-refractivity contribution in [2.45, 2.75) is 13.0 Å². The van der Waals surface area contributed by atoms with Crippen LogP contribution in [0.25, 0.3) is 11.1 Å². The first kappa shape index (κ1) is 14.4. The number of benzene rings is 2. The van der Waals surface area contributed by atoms with Gasteiger partial charge in [0.2, 0.25) is 0 Å². The highest BCUT2D eigenvalue weighted by atomic mass is 16.5. The molecule has 0 bridgehead atoms. The molecule has 2 aromatic carbocycles. The van der Waals surface area contributed by atoms with Gasteiger partial charge < -0.3 is 15.4 Å². The molecule has 1 unspecified atom stereocenters. The lowest BCUT2D eigenvalue weighted by Gasteiger charge is -2.15. The second-order valence-corrected chi connectivity index (χ2v) is 5.19. The SMILES string of the molecule is COc1ccc(C(C)N)cc1-c1ccc(N(C)C)cc1. The molecular weight excluding hydrogens is 248 g/mol. The first-order chi connectivity index (χ1) is 9.52. The van der Waals surface area contributed by atoms with Gasteiger partial charge in [0.25, 0.3) is 0 Å². The second-order valence-electron chi connectivity index (χ2n) is 5.19. The van der Waals surface area contributed by atoms with Gasteiger partial charge in [-0.1, -0.05) is 18.2 Å². The van der Waals surface area contributed by atoms with E-state index in [2.05, 4.69) is 35.2 Å². The van der Waals surface area contributed by atoms with Gasteiger partial charge in [-0.05, 0) is 42.3 Å². The maximum atomic E-state index is 5.97. The Kier molecular flexibility index (Phi) is 4.30. The van der Waals surface area contributed by atoms with Crippen molar-refractivity contribution in [3.05, 3.63) is 48.0 Å². The smallest absolute Gasteiger partial charge is 0.126 e. The van der Waals surface area contributed by atoms with Crippen molar-refractivity contribution in [3.63, 3.8) is 0 Å². The van der Waals surface area contributed by atoms with Crippen molar-refractivity contribution >= 4 is 5.69 Å². The van der Waals surface area contributed by atoms with Crippen LogP contribution >= 0.6 is 0 Å². The summed E-state index contributed by atoms with van der Waals surface area (Å²) < 4.78 is 5.46. The van der Waals surface area contributed by atoms with Crippen LogP contribution in [-0.4, -0.2) is 21.2 Å². The van der Waals surface area contributed by atoms with Gasteiger partial charge in [0.05, 0.1) is 7.11 Å². The van der Waals surface area contributed by atoms with Gasteiger partial charge in [-0.15, -0.1) is 0 Å². The van der Waals surface area contributed by atoms with E-state index in [4.69, 9.17) is 10.5 Å². The number of rotatable bonds is 4. The molecule has 0 aliphatic rings. The van der Waals surface area contributed by atoms with Gasteiger partial charge in [-0.3, -0.25) is 0 Å². The second kappa shape index (κ2) is 5.97. The molecule has 3 heteroatoms. The minimum Gasteiger partial charge on any atom is -0.496 e. The summed E-state index contributed by atoms with van der Waals surface area (Å²) in [7, 11) is 5.76. The molecule has 20 heavy (non-hydrogen) atoms. The monoisotopic (exact) mass is 270 g/mol. The molecule has 0 fully saturated rings. The Labute approximate surface area is 121 Å². The van der Waals surface area contributed by atoms with E-state index in [-0.39, 0.29) is 6.04 Å². The zero-order valence-corrected chi connectivity index (χ0v) is 12.6. The lowest BCUT2D eigenvalue weighted by Crippen LogP contribution is -2.08. The fraction of sp³-hybridized carbons (Fsp3) is 0.294. The number of methoxy groups -OCH3 is 1. The van der Waals surface area contributed by atoms with Crippen molar-refractivity contribution < 1.29 is 4.74 Å². The molecule has 0 amide bonds. The van der Waals surface area contributed by atoms with E-state index in [9.17, 15) is 0 Å². The van der Waals surface area contributed by atoms with Crippen LogP contribution in [0.3, 0.4) is 0 Å². The maximum Gasteiger partial charge on any atom is 0.126 e. The molecule has 106 valence electrons. The average Bonchev–Trinajstić information content (AvgIpc) is 2.46. The molecule has 2 rings (SSSR count). The summed E-state index contributed by atoms with van der Waals surface area (Å²) in [5, 5.41) is 0. The highest BCUT2D eigenvalue weighted by Gasteiger charge is 2.09. The van der Waals surface area contributed by atoms with E-state index >= 15 is 0 Å². The van der Waals surface area contributed by atoms with Crippen LogP contribution in [0.5, 0.6) is 5.75 Å². The number of ether oxygens (including phenoxy) is 1. The first-order valence-electron chi connectivity index (χ1n) is 6.74. The third-order valence-electron chi connectivity index (χ3n) is 3.44. The molecule has 0 aliphatic carbocycles. The van der Waals surface area contributed by atoms with Gasteiger partial charge in [-0.25, -0.2) is 0 Å². The lowest BCUT2D eigenvalue weighted by molar-refractivity contribution is 0.416. The van der Waals surface area contributed by atoms with Gasteiger partial charge >= 0.3 is 0 Å². The van der Waals surface area contributed by atoms with E-state index < -0.39 is 0 Å². The summed E-state index contributed by atoms with van der Waals surface area (Å²) in [6.07, 6.45) is 0. The van der Waals surface area contributed by atoms with Crippen LogP contribution in [0.2, 0.25) is 0 Å². The standard InChI is InChI=1S/C17H22N2O/c1-12(18)14-7-10-17(20-4)16(11-14)13-5-8-15(9-6-13)19(2)3/h5-12H,18H2,1-4H3. The molecule has 2 N–H and O–H groups in total. The predicted octanol–water partition coefficient (Wildman–Crippen LogP) is 3.45. The van der Waals surface area contributed by atoms with Crippen LogP contribution < -0.4 is 15.4 Å². The molecule has 1 atom stereocenters. The van der Waals surface area contributed by atoms with Crippen LogP contribution in [0, 0.1) is 0 Å². The fourth-order valence-electron chi connectivity index (χ4n) is 2.17. The van der Waals surface area contributed by atoms with Crippen molar-refractivity contribution in [2.24, 2.45) is 5.73 Å². The highest BCUT2D eigenvalue weighted by molar-refractivity contribution is 5.73. The van der Waals surface area contributed by atoms with Crippen LogP contribution in [0.15, 0.2) is 42.5 Å². The average molecular weight is 270 g/mol. The first-order valence-corrected chi connectivity index (χ1v) is 6.74. The van der Waals surface area contributed by atoms with E-state index in [1.54, 1.807) is 7.11 Å². The number of anilines is 1. The highest BCUT2D eigenvalue weighted by Crippen LogP contribution is 2.33.